The number of aromatic amines is 1. The van der Waals surface area contributed by atoms with Crippen LogP contribution < -0.4 is 10.6 Å². The lowest BCUT2D eigenvalue weighted by molar-refractivity contribution is 0.0975. The Bertz CT molecular complexity index is 1020. The van der Waals surface area contributed by atoms with Gasteiger partial charge in [0.2, 0.25) is 5.96 Å². The van der Waals surface area contributed by atoms with Crippen LogP contribution in [0, 0.1) is 24.5 Å². The molecule has 8 nitrogen and oxygen atoms in total. The third-order valence-corrected chi connectivity index (χ3v) is 3.84. The molecule has 0 saturated carbocycles. The van der Waals surface area contributed by atoms with Gasteiger partial charge in [0.25, 0.3) is 5.91 Å². The number of aliphatic imine (C=N–C) groups is 1. The van der Waals surface area contributed by atoms with Crippen molar-refractivity contribution < 1.29 is 18.1 Å². The lowest BCUT2D eigenvalue weighted by Crippen LogP contribution is -2.36. The van der Waals surface area contributed by atoms with Crippen molar-refractivity contribution in [3.8, 4) is 11.3 Å². The van der Waals surface area contributed by atoms with E-state index in [0.717, 1.165) is 6.07 Å². The molecule has 3 N–H and O–H groups in total. The van der Waals surface area contributed by atoms with Gasteiger partial charge in [0, 0.05) is 24.2 Å². The number of nitrogens with one attached hydrogen (secondary N) is 3. The van der Waals surface area contributed by atoms with Gasteiger partial charge in [-0.2, -0.15) is 5.10 Å². The Morgan fingerprint density at radius 2 is 1.97 bits per heavy atom. The molecule has 2 aromatic heterocycles. The number of amides is 1. The van der Waals surface area contributed by atoms with Crippen LogP contribution in [-0.4, -0.2) is 33.8 Å². The highest BCUT2D eigenvalue weighted by molar-refractivity contribution is 6.10. The molecular weight excluding hydrogens is 382 g/mol. The number of carbonyl (C=O) groups excluding carboxylic acids is 1. The van der Waals surface area contributed by atoms with Crippen LogP contribution in [0.25, 0.3) is 11.3 Å². The summed E-state index contributed by atoms with van der Waals surface area (Å²) in [4.78, 5) is 16.8. The summed E-state index contributed by atoms with van der Waals surface area (Å²) in [6.07, 6.45) is 1.32. The van der Waals surface area contributed by atoms with Gasteiger partial charge in [-0.3, -0.25) is 20.2 Å². The minimum Gasteiger partial charge on any atom is -0.361 e. The van der Waals surface area contributed by atoms with Gasteiger partial charge in [-0.25, -0.2) is 8.78 Å². The Morgan fingerprint density at radius 3 is 2.59 bits per heavy atom. The van der Waals surface area contributed by atoms with Crippen molar-refractivity contribution in [3.63, 3.8) is 0 Å². The smallest absolute Gasteiger partial charge is 0.263 e. The van der Waals surface area contributed by atoms with Crippen molar-refractivity contribution in [2.45, 2.75) is 20.8 Å². The Labute approximate surface area is 165 Å². The standard InChI is InChI=1S/C19H20F2N6O2/c1-10(2)8-22-19(25-18(28)15-9-23-29-11(15)3)24-17-7-16(26-27-17)12-4-13(20)6-14(21)5-12/h4-7,9-10H,8H2,1-3H3,(H3,22,24,25,26,27,28). The highest BCUT2D eigenvalue weighted by Crippen LogP contribution is 2.22. The van der Waals surface area contributed by atoms with E-state index in [1.165, 1.54) is 18.3 Å². The van der Waals surface area contributed by atoms with Gasteiger partial charge >= 0.3 is 0 Å². The minimum atomic E-state index is -0.695. The van der Waals surface area contributed by atoms with Gasteiger partial charge in [-0.05, 0) is 25.0 Å². The molecule has 0 atom stereocenters. The fourth-order valence-corrected chi connectivity index (χ4v) is 2.44. The Hall–Kier alpha value is -3.56. The average Bonchev–Trinajstić information content (AvgIpc) is 3.27. The van der Waals surface area contributed by atoms with E-state index in [1.54, 1.807) is 13.0 Å². The molecule has 1 aromatic carbocycles. The molecule has 0 aliphatic rings. The van der Waals surface area contributed by atoms with Crippen molar-refractivity contribution in [2.75, 3.05) is 11.9 Å². The number of carbonyl (C=O) groups is 1. The predicted octanol–water partition coefficient (Wildman–Crippen LogP) is 3.51. The maximum Gasteiger partial charge on any atom is 0.263 e. The molecule has 10 heteroatoms. The summed E-state index contributed by atoms with van der Waals surface area (Å²) in [5.41, 5.74) is 0.977. The molecule has 0 radical (unpaired) electrons. The highest BCUT2D eigenvalue weighted by atomic mass is 19.1. The maximum atomic E-state index is 13.4. The molecule has 3 aromatic rings. The molecule has 0 aliphatic heterocycles. The third-order valence-electron chi connectivity index (χ3n) is 3.84. The number of anilines is 1. The van der Waals surface area contributed by atoms with Crippen LogP contribution in [0.5, 0.6) is 0 Å². The predicted molar refractivity (Wildman–Crippen MR) is 103 cm³/mol. The number of rotatable bonds is 5. The number of hydrogen-bond donors (Lipinski definition) is 3. The first kappa shape index (κ1) is 20.2. The van der Waals surface area contributed by atoms with Gasteiger partial charge in [-0.1, -0.05) is 19.0 Å². The van der Waals surface area contributed by atoms with Crippen LogP contribution in [0.3, 0.4) is 0 Å². The van der Waals surface area contributed by atoms with Gasteiger partial charge in [0.15, 0.2) is 5.82 Å². The fourth-order valence-electron chi connectivity index (χ4n) is 2.44. The van der Waals surface area contributed by atoms with Crippen molar-refractivity contribution in [2.24, 2.45) is 10.9 Å². The first-order chi connectivity index (χ1) is 13.8. The summed E-state index contributed by atoms with van der Waals surface area (Å²) in [5.74, 6) is -0.713. The van der Waals surface area contributed by atoms with Crippen LogP contribution in [0.2, 0.25) is 0 Å². The first-order valence-corrected chi connectivity index (χ1v) is 8.88. The van der Waals surface area contributed by atoms with E-state index in [2.05, 4.69) is 31.0 Å². The topological polar surface area (TPSA) is 108 Å². The number of halogens is 2. The molecular formula is C19H20F2N6O2. The molecule has 29 heavy (non-hydrogen) atoms. The van der Waals surface area contributed by atoms with Crippen molar-refractivity contribution in [1.29, 1.82) is 0 Å². The molecule has 0 aliphatic carbocycles. The molecule has 0 unspecified atom stereocenters. The van der Waals surface area contributed by atoms with Gasteiger partial charge in [-0.15, -0.1) is 0 Å². The lowest BCUT2D eigenvalue weighted by atomic mass is 10.1. The summed E-state index contributed by atoms with van der Waals surface area (Å²) >= 11 is 0. The quantitative estimate of drug-likeness (QED) is 0.447. The summed E-state index contributed by atoms with van der Waals surface area (Å²) in [6.45, 7) is 6.05. The zero-order chi connectivity index (χ0) is 21.0. The Balaban J connectivity index is 1.79. The number of H-pyrrole nitrogens is 1. The molecule has 0 saturated heterocycles. The van der Waals surface area contributed by atoms with Crippen LogP contribution in [-0.2, 0) is 0 Å². The Morgan fingerprint density at radius 1 is 1.24 bits per heavy atom. The normalized spacial score (nSPS) is 11.7. The van der Waals surface area contributed by atoms with Crippen LogP contribution >= 0.6 is 0 Å². The number of guanidine groups is 1. The third kappa shape index (κ3) is 5.24. The summed E-state index contributed by atoms with van der Waals surface area (Å²) in [5, 5.41) is 15.9. The maximum absolute atomic E-state index is 13.4. The monoisotopic (exact) mass is 402 g/mol. The number of nitrogens with zero attached hydrogens (tertiary/aromatic N) is 3. The molecule has 2 heterocycles. The van der Waals surface area contributed by atoms with E-state index in [-0.39, 0.29) is 17.4 Å². The van der Waals surface area contributed by atoms with Crippen LogP contribution in [0.1, 0.15) is 30.0 Å². The fraction of sp³-hybridized carbons (Fsp3) is 0.263. The van der Waals surface area contributed by atoms with Crippen LogP contribution in [0.15, 0.2) is 40.0 Å². The second-order valence-electron chi connectivity index (χ2n) is 6.78. The Kier molecular flexibility index (Phi) is 6.01. The van der Waals surface area contributed by atoms with Crippen molar-refractivity contribution >= 4 is 17.7 Å². The molecule has 1 amide bonds. The van der Waals surface area contributed by atoms with E-state index in [9.17, 15) is 13.6 Å². The van der Waals surface area contributed by atoms with Gasteiger partial charge in [0.1, 0.15) is 23.0 Å². The molecule has 0 bridgehead atoms. The van der Waals surface area contributed by atoms with E-state index < -0.39 is 17.5 Å². The second kappa shape index (κ2) is 8.63. The number of aromatic nitrogens is 3. The van der Waals surface area contributed by atoms with Crippen molar-refractivity contribution in [3.05, 3.63) is 53.4 Å². The summed E-state index contributed by atoms with van der Waals surface area (Å²) in [6, 6.07) is 4.71. The second-order valence-corrected chi connectivity index (χ2v) is 6.78. The SMILES string of the molecule is Cc1oncc1C(=O)NC(=NCC(C)C)Nc1cc(-c2cc(F)cc(F)c2)[nH]n1. The molecule has 152 valence electrons. The lowest BCUT2D eigenvalue weighted by Gasteiger charge is -2.10. The largest absolute Gasteiger partial charge is 0.361 e. The first-order valence-electron chi connectivity index (χ1n) is 8.88. The van der Waals surface area contributed by atoms with E-state index in [4.69, 9.17) is 4.52 Å². The highest BCUT2D eigenvalue weighted by Gasteiger charge is 2.16. The number of benzene rings is 1. The average molecular weight is 402 g/mol. The van der Waals surface area contributed by atoms with E-state index >= 15 is 0 Å². The zero-order valence-electron chi connectivity index (χ0n) is 16.1. The van der Waals surface area contributed by atoms with Gasteiger partial charge in [0.05, 0.1) is 11.9 Å². The zero-order valence-corrected chi connectivity index (χ0v) is 16.1. The summed E-state index contributed by atoms with van der Waals surface area (Å²) < 4.78 is 31.8. The molecule has 3 rings (SSSR count). The number of hydrogen-bond acceptors (Lipinski definition) is 5. The summed E-state index contributed by atoms with van der Waals surface area (Å²) in [7, 11) is 0. The van der Waals surface area contributed by atoms with E-state index in [1.807, 2.05) is 13.8 Å². The van der Waals surface area contributed by atoms with Crippen LogP contribution in [0.4, 0.5) is 14.6 Å². The minimum absolute atomic E-state index is 0.174. The molecule has 0 spiro atoms. The van der Waals surface area contributed by atoms with E-state index in [0.29, 0.717) is 29.4 Å². The number of aryl methyl sites for hydroxylation is 1. The molecule has 0 fully saturated rings. The van der Waals surface area contributed by atoms with Crippen molar-refractivity contribution in [1.82, 2.24) is 20.7 Å². The van der Waals surface area contributed by atoms with Gasteiger partial charge < -0.3 is 9.84 Å².